The smallest absolute Gasteiger partial charge is 0.256 e. The fourth-order valence-corrected chi connectivity index (χ4v) is 2.19. The van der Waals surface area contributed by atoms with Crippen molar-refractivity contribution in [3.8, 4) is 11.8 Å². The standard InChI is InChI=1S/C19H28N2O3/c1-6-8-11-19(4,23-5)18(22)21-17-10-9-16(12-15(17)13-20)24-14(3)7-2/h9-10,12,14H,6-8,11H2,1-5H3,(H,21,22)/t14-,19+/m1/s1. The van der Waals surface area contributed by atoms with E-state index in [1.54, 1.807) is 25.1 Å². The molecule has 0 fully saturated rings. The van der Waals surface area contributed by atoms with Crippen molar-refractivity contribution in [1.29, 1.82) is 5.26 Å². The quantitative estimate of drug-likeness (QED) is 0.733. The van der Waals surface area contributed by atoms with Gasteiger partial charge in [-0.25, -0.2) is 0 Å². The number of methoxy groups -OCH3 is 1. The predicted octanol–water partition coefficient (Wildman–Crippen LogP) is 4.27. The monoisotopic (exact) mass is 332 g/mol. The Hall–Kier alpha value is -2.06. The lowest BCUT2D eigenvalue weighted by Crippen LogP contribution is -2.42. The number of nitrogens with one attached hydrogen (secondary N) is 1. The SMILES string of the molecule is CCCC[C@](C)(OC)C(=O)Nc1ccc(O[C@H](C)CC)cc1C#N. The fraction of sp³-hybridized carbons (Fsp3) is 0.579. The highest BCUT2D eigenvalue weighted by Crippen LogP contribution is 2.26. The number of anilines is 1. The van der Waals surface area contributed by atoms with Crippen LogP contribution < -0.4 is 10.1 Å². The maximum atomic E-state index is 12.6. The average Bonchev–Trinajstić information content (AvgIpc) is 2.60. The molecular formula is C19H28N2O3. The molecule has 0 spiro atoms. The number of carbonyl (C=O) groups is 1. The molecule has 0 aliphatic carbocycles. The van der Waals surface area contributed by atoms with Crippen molar-refractivity contribution >= 4 is 11.6 Å². The van der Waals surface area contributed by atoms with Crippen LogP contribution in [-0.4, -0.2) is 24.7 Å². The summed E-state index contributed by atoms with van der Waals surface area (Å²) in [7, 11) is 1.53. The number of hydrogen-bond acceptors (Lipinski definition) is 4. The number of benzene rings is 1. The number of hydrogen-bond donors (Lipinski definition) is 1. The van der Waals surface area contributed by atoms with Crippen molar-refractivity contribution in [2.24, 2.45) is 0 Å². The first-order valence-electron chi connectivity index (χ1n) is 8.47. The molecule has 5 nitrogen and oxygen atoms in total. The second-order valence-corrected chi connectivity index (χ2v) is 6.15. The topological polar surface area (TPSA) is 71.3 Å². The predicted molar refractivity (Wildman–Crippen MR) is 95.1 cm³/mol. The average molecular weight is 332 g/mol. The van der Waals surface area contributed by atoms with Gasteiger partial charge in [0.1, 0.15) is 17.4 Å². The molecule has 0 unspecified atom stereocenters. The number of ether oxygens (including phenoxy) is 2. The van der Waals surface area contributed by atoms with E-state index in [4.69, 9.17) is 9.47 Å². The van der Waals surface area contributed by atoms with E-state index in [0.717, 1.165) is 19.3 Å². The molecule has 0 aliphatic rings. The van der Waals surface area contributed by atoms with Gasteiger partial charge < -0.3 is 14.8 Å². The van der Waals surface area contributed by atoms with Crippen LogP contribution in [0.3, 0.4) is 0 Å². The van der Waals surface area contributed by atoms with Crippen molar-refractivity contribution < 1.29 is 14.3 Å². The maximum absolute atomic E-state index is 12.6. The Kier molecular flexibility index (Phi) is 7.73. The Labute approximate surface area is 145 Å². The first-order valence-corrected chi connectivity index (χ1v) is 8.47. The third kappa shape index (κ3) is 5.24. The molecule has 0 saturated carbocycles. The lowest BCUT2D eigenvalue weighted by Gasteiger charge is -2.27. The zero-order valence-corrected chi connectivity index (χ0v) is 15.3. The molecular weight excluding hydrogens is 304 g/mol. The van der Waals surface area contributed by atoms with Gasteiger partial charge in [-0.3, -0.25) is 4.79 Å². The van der Waals surface area contributed by atoms with Gasteiger partial charge in [-0.2, -0.15) is 5.26 Å². The van der Waals surface area contributed by atoms with Crippen LogP contribution in [-0.2, 0) is 9.53 Å². The van der Waals surface area contributed by atoms with Gasteiger partial charge in [0, 0.05) is 13.2 Å². The molecule has 1 aromatic rings. The van der Waals surface area contributed by atoms with E-state index in [9.17, 15) is 10.1 Å². The number of unbranched alkanes of at least 4 members (excludes halogenated alkanes) is 1. The minimum absolute atomic E-state index is 0.0720. The molecule has 0 aliphatic heterocycles. The normalized spacial score (nSPS) is 14.3. The summed E-state index contributed by atoms with van der Waals surface area (Å²) in [5.74, 6) is 0.380. The Morgan fingerprint density at radius 1 is 1.42 bits per heavy atom. The molecule has 0 radical (unpaired) electrons. The first-order chi connectivity index (χ1) is 11.4. The molecule has 132 valence electrons. The summed E-state index contributed by atoms with van der Waals surface area (Å²) >= 11 is 0. The van der Waals surface area contributed by atoms with Crippen LogP contribution in [0, 0.1) is 11.3 Å². The van der Waals surface area contributed by atoms with Crippen LogP contribution in [0.15, 0.2) is 18.2 Å². The molecule has 0 bridgehead atoms. The molecule has 0 aromatic heterocycles. The molecule has 1 rings (SSSR count). The minimum Gasteiger partial charge on any atom is -0.491 e. The van der Waals surface area contributed by atoms with Gasteiger partial charge >= 0.3 is 0 Å². The Bertz CT molecular complexity index is 595. The summed E-state index contributed by atoms with van der Waals surface area (Å²) in [6, 6.07) is 7.22. The Balaban J connectivity index is 2.94. The molecule has 1 amide bonds. The molecule has 0 saturated heterocycles. The van der Waals surface area contributed by atoms with Gasteiger partial charge in [0.05, 0.1) is 17.4 Å². The number of amides is 1. The number of carbonyl (C=O) groups excluding carboxylic acids is 1. The van der Waals surface area contributed by atoms with Crippen molar-refractivity contribution in [2.75, 3.05) is 12.4 Å². The lowest BCUT2D eigenvalue weighted by atomic mass is 9.97. The second-order valence-electron chi connectivity index (χ2n) is 6.15. The summed E-state index contributed by atoms with van der Waals surface area (Å²) in [5.41, 5.74) is -0.0638. The zero-order valence-electron chi connectivity index (χ0n) is 15.3. The highest BCUT2D eigenvalue weighted by molar-refractivity contribution is 5.98. The number of nitrogens with zero attached hydrogens (tertiary/aromatic N) is 1. The van der Waals surface area contributed by atoms with Crippen LogP contribution >= 0.6 is 0 Å². The van der Waals surface area contributed by atoms with Crippen molar-refractivity contribution in [2.45, 2.75) is 65.1 Å². The third-order valence-electron chi connectivity index (χ3n) is 4.21. The highest BCUT2D eigenvalue weighted by atomic mass is 16.5. The summed E-state index contributed by atoms with van der Waals surface area (Å²) < 4.78 is 11.1. The van der Waals surface area contributed by atoms with Crippen molar-refractivity contribution in [1.82, 2.24) is 0 Å². The van der Waals surface area contributed by atoms with Crippen LogP contribution in [0.5, 0.6) is 5.75 Å². The van der Waals surface area contributed by atoms with E-state index in [1.165, 1.54) is 7.11 Å². The van der Waals surface area contributed by atoms with Gasteiger partial charge in [0.15, 0.2) is 0 Å². The van der Waals surface area contributed by atoms with Gasteiger partial charge in [0.2, 0.25) is 0 Å². The number of nitriles is 1. The van der Waals surface area contributed by atoms with Crippen LogP contribution in [0.2, 0.25) is 0 Å². The van der Waals surface area contributed by atoms with Crippen molar-refractivity contribution in [3.05, 3.63) is 23.8 Å². The molecule has 24 heavy (non-hydrogen) atoms. The van der Waals surface area contributed by atoms with Gasteiger partial charge in [-0.15, -0.1) is 0 Å². The summed E-state index contributed by atoms with van der Waals surface area (Å²) in [4.78, 5) is 12.6. The zero-order chi connectivity index (χ0) is 18.2. The van der Waals surface area contributed by atoms with E-state index in [0.29, 0.717) is 23.4 Å². The summed E-state index contributed by atoms with van der Waals surface area (Å²) in [6.07, 6.45) is 3.46. The van der Waals surface area contributed by atoms with Gasteiger partial charge in [-0.1, -0.05) is 26.7 Å². The molecule has 1 N–H and O–H groups in total. The Morgan fingerprint density at radius 2 is 2.12 bits per heavy atom. The second kappa shape index (κ2) is 9.29. The van der Waals surface area contributed by atoms with Crippen molar-refractivity contribution in [3.63, 3.8) is 0 Å². The van der Waals surface area contributed by atoms with E-state index >= 15 is 0 Å². The summed E-state index contributed by atoms with van der Waals surface area (Å²) in [5, 5.41) is 12.2. The largest absolute Gasteiger partial charge is 0.491 e. The van der Waals surface area contributed by atoms with Crippen LogP contribution in [0.4, 0.5) is 5.69 Å². The molecule has 5 heteroatoms. The van der Waals surface area contributed by atoms with Crippen LogP contribution in [0.1, 0.15) is 58.9 Å². The van der Waals surface area contributed by atoms with Crippen LogP contribution in [0.25, 0.3) is 0 Å². The molecule has 1 aromatic carbocycles. The maximum Gasteiger partial charge on any atom is 0.256 e. The minimum atomic E-state index is -0.908. The third-order valence-corrected chi connectivity index (χ3v) is 4.21. The van der Waals surface area contributed by atoms with Gasteiger partial charge in [-0.05, 0) is 38.8 Å². The lowest BCUT2D eigenvalue weighted by molar-refractivity contribution is -0.136. The summed E-state index contributed by atoms with van der Waals surface area (Å²) in [6.45, 7) is 7.84. The Morgan fingerprint density at radius 3 is 2.67 bits per heavy atom. The fourth-order valence-electron chi connectivity index (χ4n) is 2.19. The van der Waals surface area contributed by atoms with E-state index in [2.05, 4.69) is 18.3 Å². The van der Waals surface area contributed by atoms with E-state index < -0.39 is 5.60 Å². The molecule has 2 atom stereocenters. The first kappa shape index (κ1) is 20.0. The number of rotatable bonds is 9. The highest BCUT2D eigenvalue weighted by Gasteiger charge is 2.32. The van der Waals surface area contributed by atoms with E-state index in [1.807, 2.05) is 13.8 Å². The molecule has 0 heterocycles. The van der Waals surface area contributed by atoms with Gasteiger partial charge in [0.25, 0.3) is 5.91 Å². The van der Waals surface area contributed by atoms with E-state index in [-0.39, 0.29) is 12.0 Å².